The Balaban J connectivity index is 0.000000216. The number of methoxy groups -OCH3 is 6. The molecule has 0 spiro atoms. The van der Waals surface area contributed by atoms with Crippen LogP contribution in [0.5, 0.6) is 34.8 Å². The number of pyridine rings is 2. The molecule has 6 aromatic heterocycles. The fourth-order valence-electron chi connectivity index (χ4n) is 7.37. The van der Waals surface area contributed by atoms with Crippen LogP contribution in [0.2, 0.25) is 0 Å². The number of sulfone groups is 2. The van der Waals surface area contributed by atoms with Crippen LogP contribution < -0.4 is 28.4 Å². The van der Waals surface area contributed by atoms with E-state index in [0.717, 1.165) is 0 Å². The Labute approximate surface area is 425 Å². The quantitative estimate of drug-likeness (QED) is 0.108. The molecule has 74 heavy (non-hydrogen) atoms. The van der Waals surface area contributed by atoms with Crippen LogP contribution >= 0.6 is 0 Å². The number of ether oxygens (including phenoxy) is 6. The highest BCUT2D eigenvalue weighted by Crippen LogP contribution is 2.38. The Kier molecular flexibility index (Phi) is 17.1. The molecule has 2 N–H and O–H groups in total. The van der Waals surface area contributed by atoms with Crippen molar-refractivity contribution in [3.8, 4) is 69.2 Å². The lowest BCUT2D eigenvalue weighted by Crippen LogP contribution is -2.19. The topological polar surface area (TPSA) is 303 Å². The van der Waals surface area contributed by atoms with Crippen LogP contribution in [0.4, 0.5) is 0 Å². The Hall–Kier alpha value is -8.20. The number of nitrogens with zero attached hydrogens (tertiary/aromatic N) is 12. The van der Waals surface area contributed by atoms with Gasteiger partial charge >= 0.3 is 0 Å². The minimum Gasteiger partial charge on any atom is -0.494 e. The number of para-hydroxylation sites is 2. The Bertz CT molecular complexity index is 3160. The van der Waals surface area contributed by atoms with Gasteiger partial charge in [0, 0.05) is 48.0 Å². The van der Waals surface area contributed by atoms with E-state index in [9.17, 15) is 27.0 Å². The van der Waals surface area contributed by atoms with Crippen molar-refractivity contribution < 1.29 is 55.5 Å². The molecule has 0 unspecified atom stereocenters. The van der Waals surface area contributed by atoms with Crippen molar-refractivity contribution in [3.05, 3.63) is 132 Å². The maximum absolute atomic E-state index is 13.2. The van der Waals surface area contributed by atoms with E-state index < -0.39 is 54.9 Å². The van der Waals surface area contributed by atoms with Crippen molar-refractivity contribution >= 4 is 19.7 Å². The lowest BCUT2D eigenvalue weighted by atomic mass is 10.2. The molecule has 26 heteroatoms. The predicted octanol–water partition coefficient (Wildman–Crippen LogP) is 4.20. The molecule has 2 aromatic carbocycles. The summed E-state index contributed by atoms with van der Waals surface area (Å²) in [7, 11) is 1.13. The number of aliphatic hydroxyl groups is 2. The number of benzene rings is 2. The summed E-state index contributed by atoms with van der Waals surface area (Å²) in [5, 5.41) is 38.0. The number of rotatable bonds is 20. The minimum atomic E-state index is -3.90. The van der Waals surface area contributed by atoms with E-state index in [0.29, 0.717) is 80.3 Å². The van der Waals surface area contributed by atoms with Gasteiger partial charge in [0.15, 0.2) is 43.0 Å². The van der Waals surface area contributed by atoms with Crippen molar-refractivity contribution in [1.29, 1.82) is 0 Å². The zero-order valence-electron chi connectivity index (χ0n) is 41.4. The molecule has 0 saturated heterocycles. The number of aliphatic hydroxyl groups excluding tert-OH is 2. The van der Waals surface area contributed by atoms with Crippen LogP contribution in [0.3, 0.4) is 0 Å². The highest BCUT2D eigenvalue weighted by atomic mass is 32.2. The molecule has 8 aromatic rings. The summed E-state index contributed by atoms with van der Waals surface area (Å²) in [6, 6.07) is 20.5. The second-order valence-electron chi connectivity index (χ2n) is 16.0. The SMILES string of the molecule is COc1cccc(-c2nnc(CS(=O)(=O)C[C@@H](O)c3cnc(C)nc3)n2-c2c(OC)cccc2OC)n1.COc1cccc(-c2nnc(CS(=O)(=O)C[C@H](O)c3cnc(C)nc3)n2-c2c(OC)cccc2OC)n1. The van der Waals surface area contributed by atoms with Gasteiger partial charge in [-0.2, -0.15) is 0 Å². The maximum atomic E-state index is 13.2. The maximum Gasteiger partial charge on any atom is 0.213 e. The molecule has 0 saturated carbocycles. The van der Waals surface area contributed by atoms with Crippen LogP contribution in [0.25, 0.3) is 34.4 Å². The third-order valence-corrected chi connectivity index (χ3v) is 14.0. The van der Waals surface area contributed by atoms with Crippen molar-refractivity contribution in [1.82, 2.24) is 59.4 Å². The number of hydrogen-bond acceptors (Lipinski definition) is 22. The summed E-state index contributed by atoms with van der Waals surface area (Å²) < 4.78 is 88.6. The zero-order valence-corrected chi connectivity index (χ0v) is 43.0. The van der Waals surface area contributed by atoms with E-state index >= 15 is 0 Å². The first-order valence-corrected chi connectivity index (χ1v) is 25.8. The first-order valence-electron chi connectivity index (χ1n) is 22.2. The third kappa shape index (κ3) is 12.5. The molecule has 0 aliphatic rings. The van der Waals surface area contributed by atoms with Gasteiger partial charge in [-0.3, -0.25) is 9.13 Å². The number of aromatic nitrogens is 12. The lowest BCUT2D eigenvalue weighted by molar-refractivity contribution is 0.200. The molecular weight excluding hydrogens is 1000 g/mol. The molecule has 0 radical (unpaired) electrons. The number of hydrogen-bond donors (Lipinski definition) is 2. The fraction of sp³-hybridized carbons (Fsp3) is 0.292. The van der Waals surface area contributed by atoms with Crippen molar-refractivity contribution in [3.63, 3.8) is 0 Å². The molecule has 0 aliphatic carbocycles. The van der Waals surface area contributed by atoms with Gasteiger partial charge in [0.1, 0.15) is 68.9 Å². The van der Waals surface area contributed by atoms with Crippen LogP contribution in [-0.4, -0.2) is 141 Å². The van der Waals surface area contributed by atoms with E-state index in [-0.39, 0.29) is 23.3 Å². The highest BCUT2D eigenvalue weighted by molar-refractivity contribution is 7.90. The van der Waals surface area contributed by atoms with Gasteiger partial charge in [-0.15, -0.1) is 20.4 Å². The van der Waals surface area contributed by atoms with Crippen LogP contribution in [0.15, 0.2) is 97.6 Å². The van der Waals surface area contributed by atoms with Gasteiger partial charge in [-0.25, -0.2) is 46.7 Å². The largest absolute Gasteiger partial charge is 0.494 e. The normalized spacial score (nSPS) is 12.2. The third-order valence-electron chi connectivity index (χ3n) is 10.9. The molecule has 8 rings (SSSR count). The van der Waals surface area contributed by atoms with Crippen molar-refractivity contribution in [2.45, 2.75) is 37.6 Å². The fourth-order valence-corrected chi connectivity index (χ4v) is 10.1. The van der Waals surface area contributed by atoms with Gasteiger partial charge < -0.3 is 38.6 Å². The van der Waals surface area contributed by atoms with Crippen LogP contribution in [0.1, 0.15) is 46.6 Å². The second-order valence-corrected chi connectivity index (χ2v) is 20.2. The highest BCUT2D eigenvalue weighted by Gasteiger charge is 2.30. The van der Waals surface area contributed by atoms with Gasteiger partial charge in [-0.1, -0.05) is 24.3 Å². The number of aryl methyl sites for hydroxylation is 2. The van der Waals surface area contributed by atoms with Crippen LogP contribution in [-0.2, 0) is 31.2 Å². The summed E-state index contributed by atoms with van der Waals surface area (Å²) >= 11 is 0. The van der Waals surface area contributed by atoms with Gasteiger partial charge in [-0.05, 0) is 50.2 Å². The molecule has 0 fully saturated rings. The zero-order chi connectivity index (χ0) is 53.2. The summed E-state index contributed by atoms with van der Waals surface area (Å²) in [5.41, 5.74) is 2.16. The monoisotopic (exact) mass is 1050 g/mol. The Morgan fingerprint density at radius 3 is 1.11 bits per heavy atom. The summed E-state index contributed by atoms with van der Waals surface area (Å²) in [6.07, 6.45) is 2.97. The van der Waals surface area contributed by atoms with E-state index in [1.165, 1.54) is 76.6 Å². The predicted molar refractivity (Wildman–Crippen MR) is 267 cm³/mol. The van der Waals surface area contributed by atoms with E-state index in [1.54, 1.807) is 86.6 Å². The molecular formula is C48H52N12O12S2. The van der Waals surface area contributed by atoms with E-state index in [2.05, 4.69) is 50.3 Å². The lowest BCUT2D eigenvalue weighted by Gasteiger charge is -2.17. The standard InChI is InChI=1S/2C24H26N6O6S/c2*1-15-25-11-16(12-26-15)18(31)13-37(32,33)14-21-28-29-24(17-7-5-10-22(27-17)36-4)30(21)23-19(34-2)8-6-9-20(23)35-3/h2*5-12,18,31H,13-14H2,1-4H3/t2*18-/m10/s1. The molecule has 388 valence electrons. The van der Waals surface area contributed by atoms with Crippen molar-refractivity contribution in [2.24, 2.45) is 0 Å². The molecule has 24 nitrogen and oxygen atoms in total. The first-order chi connectivity index (χ1) is 35.5. The van der Waals surface area contributed by atoms with Crippen molar-refractivity contribution in [2.75, 3.05) is 54.2 Å². The average molecular weight is 1050 g/mol. The molecule has 0 aliphatic heterocycles. The summed E-state index contributed by atoms with van der Waals surface area (Å²) in [5.74, 6) is 1.77. The van der Waals surface area contributed by atoms with Crippen LogP contribution in [0, 0.1) is 13.8 Å². The van der Waals surface area contributed by atoms with Gasteiger partial charge in [0.25, 0.3) is 0 Å². The molecule has 0 amide bonds. The Morgan fingerprint density at radius 2 is 0.797 bits per heavy atom. The van der Waals surface area contributed by atoms with Gasteiger partial charge in [0.2, 0.25) is 11.8 Å². The smallest absolute Gasteiger partial charge is 0.213 e. The molecule has 2 atom stereocenters. The molecule has 6 heterocycles. The summed E-state index contributed by atoms with van der Waals surface area (Å²) in [6.45, 7) is 3.39. The molecule has 0 bridgehead atoms. The summed E-state index contributed by atoms with van der Waals surface area (Å²) in [4.78, 5) is 24.9. The van der Waals surface area contributed by atoms with Gasteiger partial charge in [0.05, 0.1) is 66.4 Å². The Morgan fingerprint density at radius 1 is 0.473 bits per heavy atom. The van der Waals surface area contributed by atoms with E-state index in [1.807, 2.05) is 0 Å². The minimum absolute atomic E-state index is 0.0785. The first kappa shape index (κ1) is 53.6. The second kappa shape index (κ2) is 23.6. The van der Waals surface area contributed by atoms with E-state index in [4.69, 9.17) is 28.4 Å². The average Bonchev–Trinajstić information content (AvgIpc) is 4.01.